The quantitative estimate of drug-likeness (QED) is 0.704. The van der Waals surface area contributed by atoms with Gasteiger partial charge in [0.1, 0.15) is 5.54 Å². The largest absolute Gasteiger partial charge is 0.378 e. The van der Waals surface area contributed by atoms with Gasteiger partial charge in [-0.2, -0.15) is 11.8 Å². The number of carbonyl (C=O) groups excluding carboxylic acids is 1. The maximum atomic E-state index is 12.2. The van der Waals surface area contributed by atoms with Gasteiger partial charge in [-0.05, 0) is 25.4 Å². The Labute approximate surface area is 127 Å². The zero-order chi connectivity index (χ0) is 13.8. The molecule has 6 heteroatoms. The average Bonchev–Trinajstić information content (AvgIpc) is 2.33. The molecular weight excluding hydrogens is 284 g/mol. The average molecular weight is 311 g/mol. The van der Waals surface area contributed by atoms with Gasteiger partial charge in [0.25, 0.3) is 0 Å². The maximum Gasteiger partial charge on any atom is 0.240 e. The molecule has 4 nitrogen and oxygen atoms in total. The lowest BCUT2D eigenvalue weighted by Crippen LogP contribution is -2.75. The maximum absolute atomic E-state index is 12.2. The SMILES string of the molecule is CCOC1CC(N)(C(=O)NCCCSC)C1(C)C.Cl. The van der Waals surface area contributed by atoms with Crippen molar-refractivity contribution in [3.05, 3.63) is 0 Å². The lowest BCUT2D eigenvalue weighted by atomic mass is 9.54. The molecule has 0 aromatic carbocycles. The summed E-state index contributed by atoms with van der Waals surface area (Å²) < 4.78 is 5.62. The van der Waals surface area contributed by atoms with Crippen LogP contribution in [-0.4, -0.2) is 42.7 Å². The number of amides is 1. The van der Waals surface area contributed by atoms with Gasteiger partial charge in [0, 0.05) is 25.0 Å². The van der Waals surface area contributed by atoms with Gasteiger partial charge in [0.05, 0.1) is 6.10 Å². The number of hydrogen-bond acceptors (Lipinski definition) is 4. The van der Waals surface area contributed by atoms with Crippen LogP contribution in [-0.2, 0) is 9.53 Å². The molecule has 0 aromatic rings. The van der Waals surface area contributed by atoms with Crippen molar-refractivity contribution in [1.82, 2.24) is 5.32 Å². The molecule has 0 saturated heterocycles. The number of rotatable bonds is 7. The first kappa shape index (κ1) is 19.0. The van der Waals surface area contributed by atoms with Crippen molar-refractivity contribution in [1.29, 1.82) is 0 Å². The Morgan fingerprint density at radius 3 is 2.63 bits per heavy atom. The number of nitrogens with one attached hydrogen (secondary N) is 1. The summed E-state index contributed by atoms with van der Waals surface area (Å²) in [5, 5.41) is 2.95. The molecule has 0 bridgehead atoms. The van der Waals surface area contributed by atoms with E-state index < -0.39 is 5.54 Å². The van der Waals surface area contributed by atoms with Gasteiger partial charge < -0.3 is 15.8 Å². The van der Waals surface area contributed by atoms with Gasteiger partial charge in [-0.1, -0.05) is 13.8 Å². The highest BCUT2D eigenvalue weighted by Crippen LogP contribution is 2.49. The summed E-state index contributed by atoms with van der Waals surface area (Å²) >= 11 is 1.78. The van der Waals surface area contributed by atoms with E-state index >= 15 is 0 Å². The normalized spacial score (nSPS) is 28.2. The molecular formula is C13H27ClN2O2S. The second-order valence-corrected chi connectivity index (χ2v) is 6.43. The van der Waals surface area contributed by atoms with Gasteiger partial charge in [-0.25, -0.2) is 0 Å². The highest BCUT2D eigenvalue weighted by atomic mass is 35.5. The van der Waals surface area contributed by atoms with Crippen molar-refractivity contribution in [3.8, 4) is 0 Å². The molecule has 1 saturated carbocycles. The fourth-order valence-corrected chi connectivity index (χ4v) is 2.83. The van der Waals surface area contributed by atoms with Crippen molar-refractivity contribution < 1.29 is 9.53 Å². The number of hydrogen-bond donors (Lipinski definition) is 2. The predicted octanol–water partition coefficient (Wildman–Crippen LogP) is 1.81. The first-order chi connectivity index (χ1) is 8.40. The Kier molecular flexibility index (Phi) is 7.73. The van der Waals surface area contributed by atoms with Gasteiger partial charge in [-0.15, -0.1) is 12.4 Å². The highest BCUT2D eigenvalue weighted by Gasteiger charge is 2.62. The first-order valence-corrected chi connectivity index (χ1v) is 7.97. The van der Waals surface area contributed by atoms with E-state index in [0.29, 0.717) is 19.6 Å². The monoisotopic (exact) mass is 310 g/mol. The Balaban J connectivity index is 0.00000324. The van der Waals surface area contributed by atoms with Crippen molar-refractivity contribution in [2.45, 2.75) is 45.3 Å². The Morgan fingerprint density at radius 2 is 2.16 bits per heavy atom. The summed E-state index contributed by atoms with van der Waals surface area (Å²) in [7, 11) is 0. The van der Waals surface area contributed by atoms with Crippen LogP contribution in [0.15, 0.2) is 0 Å². The second kappa shape index (κ2) is 7.72. The van der Waals surface area contributed by atoms with Crippen molar-refractivity contribution in [2.75, 3.05) is 25.2 Å². The van der Waals surface area contributed by atoms with E-state index in [4.69, 9.17) is 10.5 Å². The minimum atomic E-state index is -0.786. The van der Waals surface area contributed by atoms with E-state index in [1.54, 1.807) is 11.8 Å². The highest BCUT2D eigenvalue weighted by molar-refractivity contribution is 7.98. The van der Waals surface area contributed by atoms with Crippen molar-refractivity contribution in [3.63, 3.8) is 0 Å². The van der Waals surface area contributed by atoms with Crippen LogP contribution in [0.5, 0.6) is 0 Å². The minimum Gasteiger partial charge on any atom is -0.378 e. The van der Waals surface area contributed by atoms with E-state index in [9.17, 15) is 4.79 Å². The summed E-state index contributed by atoms with van der Waals surface area (Å²) in [4.78, 5) is 12.2. The number of halogens is 1. The third kappa shape index (κ3) is 3.78. The molecule has 0 radical (unpaired) electrons. The molecule has 1 aliphatic carbocycles. The van der Waals surface area contributed by atoms with Gasteiger partial charge in [-0.3, -0.25) is 4.79 Å². The topological polar surface area (TPSA) is 64.3 Å². The van der Waals surface area contributed by atoms with Crippen molar-refractivity contribution >= 4 is 30.1 Å². The van der Waals surface area contributed by atoms with Crippen LogP contribution >= 0.6 is 24.2 Å². The zero-order valence-electron chi connectivity index (χ0n) is 12.3. The second-order valence-electron chi connectivity index (χ2n) is 5.44. The molecule has 3 N–H and O–H groups in total. The van der Waals surface area contributed by atoms with E-state index in [1.807, 2.05) is 20.8 Å². The standard InChI is InChI=1S/C13H26N2O2S.ClH/c1-5-17-10-9-13(14,12(10,2)3)11(16)15-7-6-8-18-4;/h10H,5-9,14H2,1-4H3,(H,15,16);1H. The van der Waals surface area contributed by atoms with Crippen LogP contribution in [0.2, 0.25) is 0 Å². The lowest BCUT2D eigenvalue weighted by Gasteiger charge is -2.57. The lowest BCUT2D eigenvalue weighted by molar-refractivity contribution is -0.170. The molecule has 2 unspecified atom stereocenters. The summed E-state index contributed by atoms with van der Waals surface area (Å²) in [6.45, 7) is 7.36. The molecule has 2 atom stereocenters. The summed E-state index contributed by atoms with van der Waals surface area (Å²) in [5.74, 6) is 1.02. The summed E-state index contributed by atoms with van der Waals surface area (Å²) in [6, 6.07) is 0. The predicted molar refractivity (Wildman–Crippen MR) is 84.0 cm³/mol. The van der Waals surface area contributed by atoms with Crippen LogP contribution < -0.4 is 11.1 Å². The Hall–Kier alpha value is 0.0300. The molecule has 0 heterocycles. The van der Waals surface area contributed by atoms with Crippen LogP contribution in [0.4, 0.5) is 0 Å². The first-order valence-electron chi connectivity index (χ1n) is 6.58. The molecule has 1 amide bonds. The third-order valence-electron chi connectivity index (χ3n) is 4.05. The number of ether oxygens (including phenoxy) is 1. The minimum absolute atomic E-state index is 0. The fraction of sp³-hybridized carbons (Fsp3) is 0.923. The fourth-order valence-electron chi connectivity index (χ4n) is 2.40. The van der Waals surface area contributed by atoms with Gasteiger partial charge >= 0.3 is 0 Å². The molecule has 114 valence electrons. The van der Waals surface area contributed by atoms with Gasteiger partial charge in [0.15, 0.2) is 0 Å². The van der Waals surface area contributed by atoms with E-state index in [1.165, 1.54) is 0 Å². The molecule has 0 spiro atoms. The van der Waals surface area contributed by atoms with Crippen LogP contribution in [0, 0.1) is 5.41 Å². The zero-order valence-corrected chi connectivity index (χ0v) is 14.0. The molecule has 0 aliphatic heterocycles. The van der Waals surface area contributed by atoms with E-state index in [0.717, 1.165) is 12.2 Å². The van der Waals surface area contributed by atoms with Crippen molar-refractivity contribution in [2.24, 2.45) is 11.1 Å². The molecule has 19 heavy (non-hydrogen) atoms. The molecule has 0 aromatic heterocycles. The van der Waals surface area contributed by atoms with Crippen LogP contribution in [0.3, 0.4) is 0 Å². The van der Waals surface area contributed by atoms with E-state index in [2.05, 4.69) is 11.6 Å². The summed E-state index contributed by atoms with van der Waals surface area (Å²) in [6.07, 6.45) is 3.75. The van der Waals surface area contributed by atoms with Crippen LogP contribution in [0.25, 0.3) is 0 Å². The van der Waals surface area contributed by atoms with E-state index in [-0.39, 0.29) is 29.8 Å². The smallest absolute Gasteiger partial charge is 0.240 e. The van der Waals surface area contributed by atoms with Crippen LogP contribution in [0.1, 0.15) is 33.6 Å². The molecule has 1 aliphatic rings. The Morgan fingerprint density at radius 1 is 1.53 bits per heavy atom. The molecule has 1 rings (SSSR count). The third-order valence-corrected chi connectivity index (χ3v) is 4.74. The number of carbonyl (C=O) groups is 1. The Bertz CT molecular complexity index is 302. The number of nitrogens with two attached hydrogens (primary N) is 1. The summed E-state index contributed by atoms with van der Waals surface area (Å²) in [5.41, 5.74) is 5.18. The molecule has 1 fully saturated rings. The number of thioether (sulfide) groups is 1. The van der Waals surface area contributed by atoms with Gasteiger partial charge in [0.2, 0.25) is 5.91 Å².